The molecule has 0 fully saturated rings. The number of carbonyl (C=O) groups excluding carboxylic acids is 1. The van der Waals surface area contributed by atoms with Crippen LogP contribution in [0.5, 0.6) is 5.75 Å². The predicted molar refractivity (Wildman–Crippen MR) is 60.7 cm³/mol. The summed E-state index contributed by atoms with van der Waals surface area (Å²) in [5.74, 6) is 0.835. The Morgan fingerprint density at radius 2 is 1.87 bits per heavy atom. The van der Waals surface area contributed by atoms with Gasteiger partial charge in [0.1, 0.15) is 5.75 Å². The molecule has 0 aliphatic heterocycles. The van der Waals surface area contributed by atoms with E-state index in [1.807, 2.05) is 26.0 Å². The minimum Gasteiger partial charge on any atom is -0.496 e. The molecule has 0 spiro atoms. The molecule has 0 amide bonds. The number of carbonyl (C=O) groups is 1. The van der Waals surface area contributed by atoms with Crippen LogP contribution in [0.3, 0.4) is 0 Å². The number of methoxy groups -OCH3 is 2. The fourth-order valence-corrected chi connectivity index (χ4v) is 1.94. The van der Waals surface area contributed by atoms with Gasteiger partial charge >= 0.3 is 5.30 Å². The van der Waals surface area contributed by atoms with Gasteiger partial charge < -0.3 is 9.47 Å². The number of rotatable bonds is 2. The van der Waals surface area contributed by atoms with E-state index in [0.717, 1.165) is 33.5 Å². The van der Waals surface area contributed by atoms with Crippen LogP contribution in [0.2, 0.25) is 0 Å². The first-order valence-electron chi connectivity index (χ1n) is 4.49. The van der Waals surface area contributed by atoms with E-state index in [0.29, 0.717) is 0 Å². The third-order valence-corrected chi connectivity index (χ3v) is 3.05. The zero-order valence-electron chi connectivity index (χ0n) is 9.29. The fourth-order valence-electron chi connectivity index (χ4n) is 1.22. The maximum absolute atomic E-state index is 11.1. The molecule has 0 radical (unpaired) electrons. The number of thioether (sulfide) groups is 1. The Balaban J connectivity index is 3.00. The van der Waals surface area contributed by atoms with E-state index in [9.17, 15) is 4.79 Å². The lowest BCUT2D eigenvalue weighted by Crippen LogP contribution is -1.94. The Morgan fingerprint density at radius 1 is 1.20 bits per heavy atom. The van der Waals surface area contributed by atoms with E-state index in [1.165, 1.54) is 7.11 Å². The summed E-state index contributed by atoms with van der Waals surface area (Å²) in [4.78, 5) is 12.0. The molecule has 1 rings (SSSR count). The van der Waals surface area contributed by atoms with Crippen LogP contribution >= 0.6 is 11.8 Å². The molecule has 0 saturated heterocycles. The lowest BCUT2D eigenvalue weighted by atomic mass is 10.1. The molecular weight excluding hydrogens is 212 g/mol. The first-order chi connectivity index (χ1) is 7.08. The fraction of sp³-hybridized carbons (Fsp3) is 0.364. The number of ether oxygens (including phenoxy) is 2. The summed E-state index contributed by atoms with van der Waals surface area (Å²) < 4.78 is 9.79. The minimum atomic E-state index is -0.303. The number of benzene rings is 1. The van der Waals surface area contributed by atoms with Crippen LogP contribution in [0, 0.1) is 13.8 Å². The van der Waals surface area contributed by atoms with Gasteiger partial charge in [0.05, 0.1) is 14.2 Å². The lowest BCUT2D eigenvalue weighted by molar-refractivity contribution is 0.200. The van der Waals surface area contributed by atoms with Gasteiger partial charge in [-0.05, 0) is 48.9 Å². The molecule has 0 unspecified atom stereocenters. The van der Waals surface area contributed by atoms with Crippen molar-refractivity contribution in [3.05, 3.63) is 23.3 Å². The van der Waals surface area contributed by atoms with E-state index in [1.54, 1.807) is 7.11 Å². The first-order valence-corrected chi connectivity index (χ1v) is 5.31. The maximum Gasteiger partial charge on any atom is 0.371 e. The zero-order valence-corrected chi connectivity index (χ0v) is 10.1. The highest BCUT2D eigenvalue weighted by atomic mass is 32.2. The summed E-state index contributed by atoms with van der Waals surface area (Å²) in [5.41, 5.74) is 2.02. The molecule has 0 aromatic heterocycles. The van der Waals surface area contributed by atoms with E-state index >= 15 is 0 Å². The van der Waals surface area contributed by atoms with Crippen molar-refractivity contribution in [2.24, 2.45) is 0 Å². The van der Waals surface area contributed by atoms with Crippen LogP contribution in [0.4, 0.5) is 4.79 Å². The molecule has 0 heterocycles. The third kappa shape index (κ3) is 2.89. The Hall–Kier alpha value is -1.16. The first kappa shape index (κ1) is 11.9. The highest BCUT2D eigenvalue weighted by molar-refractivity contribution is 8.13. The number of aryl methyl sites for hydroxylation is 2. The molecule has 0 bridgehead atoms. The standard InChI is InChI=1S/C11H14O3S/c1-7-6-10(15-11(12)14-4)8(2)5-9(7)13-3/h5-6H,1-4H3. The molecule has 3 nitrogen and oxygen atoms in total. The Kier molecular flexibility index (Phi) is 4.03. The van der Waals surface area contributed by atoms with Crippen molar-refractivity contribution >= 4 is 17.1 Å². The lowest BCUT2D eigenvalue weighted by Gasteiger charge is -2.09. The largest absolute Gasteiger partial charge is 0.496 e. The molecule has 0 N–H and O–H groups in total. The van der Waals surface area contributed by atoms with Crippen molar-refractivity contribution in [3.8, 4) is 5.75 Å². The van der Waals surface area contributed by atoms with Crippen molar-refractivity contribution in [1.29, 1.82) is 0 Å². The van der Waals surface area contributed by atoms with Gasteiger partial charge in [0, 0.05) is 4.90 Å². The monoisotopic (exact) mass is 226 g/mol. The highest BCUT2D eigenvalue weighted by Crippen LogP contribution is 2.30. The summed E-state index contributed by atoms with van der Waals surface area (Å²) >= 11 is 1.09. The van der Waals surface area contributed by atoms with Gasteiger partial charge in [-0.1, -0.05) is 0 Å². The van der Waals surface area contributed by atoms with Gasteiger partial charge in [0.25, 0.3) is 0 Å². The SMILES string of the molecule is COC(=O)Sc1cc(C)c(OC)cc1C. The average molecular weight is 226 g/mol. The topological polar surface area (TPSA) is 35.5 Å². The number of hydrogen-bond donors (Lipinski definition) is 0. The highest BCUT2D eigenvalue weighted by Gasteiger charge is 2.09. The molecule has 0 atom stereocenters. The van der Waals surface area contributed by atoms with Gasteiger partial charge in [0.15, 0.2) is 0 Å². The quantitative estimate of drug-likeness (QED) is 0.573. The van der Waals surface area contributed by atoms with Crippen LogP contribution in [-0.4, -0.2) is 19.5 Å². The van der Waals surface area contributed by atoms with Gasteiger partial charge in [0.2, 0.25) is 0 Å². The summed E-state index contributed by atoms with van der Waals surface area (Å²) in [6, 6.07) is 3.84. The summed E-state index contributed by atoms with van der Waals surface area (Å²) in [6.07, 6.45) is 0. The van der Waals surface area contributed by atoms with Crippen LogP contribution in [0.15, 0.2) is 17.0 Å². The minimum absolute atomic E-state index is 0.303. The second kappa shape index (κ2) is 5.07. The molecule has 4 heteroatoms. The van der Waals surface area contributed by atoms with Gasteiger partial charge in [-0.25, -0.2) is 4.79 Å². The second-order valence-electron chi connectivity index (χ2n) is 3.14. The van der Waals surface area contributed by atoms with Gasteiger partial charge in [-0.2, -0.15) is 0 Å². The van der Waals surface area contributed by atoms with Crippen molar-refractivity contribution in [1.82, 2.24) is 0 Å². The van der Waals surface area contributed by atoms with Gasteiger partial charge in [-0.15, -0.1) is 0 Å². The Labute approximate surface area is 93.8 Å². The van der Waals surface area contributed by atoms with Crippen molar-refractivity contribution in [2.75, 3.05) is 14.2 Å². The van der Waals surface area contributed by atoms with Crippen LogP contribution in [-0.2, 0) is 4.74 Å². The molecule has 0 aliphatic carbocycles. The maximum atomic E-state index is 11.1. The van der Waals surface area contributed by atoms with E-state index < -0.39 is 0 Å². The summed E-state index contributed by atoms with van der Waals surface area (Å²) in [6.45, 7) is 3.88. The predicted octanol–water partition coefficient (Wildman–Crippen LogP) is 3.17. The third-order valence-electron chi connectivity index (χ3n) is 2.05. The second-order valence-corrected chi connectivity index (χ2v) is 4.12. The molecule has 0 saturated carbocycles. The van der Waals surface area contributed by atoms with Crippen LogP contribution < -0.4 is 4.74 Å². The van der Waals surface area contributed by atoms with E-state index in [4.69, 9.17) is 4.74 Å². The van der Waals surface area contributed by atoms with Crippen LogP contribution in [0.25, 0.3) is 0 Å². The van der Waals surface area contributed by atoms with E-state index in [-0.39, 0.29) is 5.30 Å². The normalized spacial score (nSPS) is 9.87. The number of hydrogen-bond acceptors (Lipinski definition) is 4. The molecule has 0 aliphatic rings. The molecule has 82 valence electrons. The summed E-state index contributed by atoms with van der Waals surface area (Å²) in [5, 5.41) is -0.303. The molecular formula is C11H14O3S. The zero-order chi connectivity index (χ0) is 11.4. The van der Waals surface area contributed by atoms with Crippen LogP contribution in [0.1, 0.15) is 11.1 Å². The molecule has 1 aromatic carbocycles. The van der Waals surface area contributed by atoms with Gasteiger partial charge in [-0.3, -0.25) is 0 Å². The Morgan fingerprint density at radius 3 is 2.40 bits per heavy atom. The Bertz CT molecular complexity index is 374. The van der Waals surface area contributed by atoms with Crippen molar-refractivity contribution in [3.63, 3.8) is 0 Å². The molecule has 1 aromatic rings. The van der Waals surface area contributed by atoms with Crippen molar-refractivity contribution in [2.45, 2.75) is 18.7 Å². The smallest absolute Gasteiger partial charge is 0.371 e. The summed E-state index contributed by atoms with van der Waals surface area (Å²) in [7, 11) is 3.01. The van der Waals surface area contributed by atoms with Crippen molar-refractivity contribution < 1.29 is 14.3 Å². The van der Waals surface area contributed by atoms with E-state index in [2.05, 4.69) is 4.74 Å². The molecule has 15 heavy (non-hydrogen) atoms. The average Bonchev–Trinajstić information content (AvgIpc) is 2.22.